The van der Waals surface area contributed by atoms with Gasteiger partial charge in [0.05, 0.1) is 11.7 Å². The lowest BCUT2D eigenvalue weighted by Crippen LogP contribution is -2.12. The van der Waals surface area contributed by atoms with Gasteiger partial charge in [0.2, 0.25) is 0 Å². The minimum absolute atomic E-state index is 0.101. The van der Waals surface area contributed by atoms with Crippen molar-refractivity contribution < 1.29 is 13.2 Å². The Kier molecular flexibility index (Phi) is 3.61. The average molecular weight is 283 g/mol. The van der Waals surface area contributed by atoms with Crippen LogP contribution in [0.1, 0.15) is 29.9 Å². The average Bonchev–Trinajstić information content (AvgIpc) is 2.76. The molecule has 0 aliphatic carbocycles. The largest absolute Gasteiger partial charge is 0.437 e. The standard InChI is InChI=1S/C13H12F3N3O/c1-8(10-6-4-3-5-7-10)19-9(2)11(18-20)12(17-19)13(14,15)16/h3-8H,1-2H3. The van der Waals surface area contributed by atoms with Gasteiger partial charge in [0, 0.05) is 0 Å². The van der Waals surface area contributed by atoms with Crippen LogP contribution in [0, 0.1) is 11.8 Å². The number of hydrogen-bond acceptors (Lipinski definition) is 3. The number of halogens is 3. The van der Waals surface area contributed by atoms with Crippen molar-refractivity contribution in [1.29, 1.82) is 0 Å². The molecule has 0 spiro atoms. The fourth-order valence-electron chi connectivity index (χ4n) is 2.06. The van der Waals surface area contributed by atoms with E-state index in [4.69, 9.17) is 0 Å². The zero-order valence-electron chi connectivity index (χ0n) is 10.8. The second-order valence-electron chi connectivity index (χ2n) is 4.40. The molecule has 0 radical (unpaired) electrons. The predicted molar refractivity (Wildman–Crippen MR) is 67.7 cm³/mol. The van der Waals surface area contributed by atoms with Crippen LogP contribution in [0.2, 0.25) is 0 Å². The minimum atomic E-state index is -4.70. The highest BCUT2D eigenvalue weighted by molar-refractivity contribution is 5.48. The van der Waals surface area contributed by atoms with Crippen molar-refractivity contribution in [3.05, 3.63) is 52.2 Å². The zero-order valence-corrected chi connectivity index (χ0v) is 10.8. The lowest BCUT2D eigenvalue weighted by molar-refractivity contribution is -0.141. The molecule has 1 atom stereocenters. The molecule has 106 valence electrons. The second kappa shape index (κ2) is 5.07. The first kappa shape index (κ1) is 14.2. The Morgan fingerprint density at radius 1 is 1.25 bits per heavy atom. The van der Waals surface area contributed by atoms with Crippen LogP contribution in [0.25, 0.3) is 0 Å². The number of hydrogen-bond donors (Lipinski definition) is 0. The van der Waals surface area contributed by atoms with Crippen LogP contribution in [0.15, 0.2) is 35.5 Å². The van der Waals surface area contributed by atoms with Gasteiger partial charge in [0.25, 0.3) is 0 Å². The first-order valence-electron chi connectivity index (χ1n) is 5.91. The highest BCUT2D eigenvalue weighted by atomic mass is 19.4. The Labute approximate surface area is 113 Å². The maximum Gasteiger partial charge on any atom is 0.437 e. The number of alkyl halides is 3. The van der Waals surface area contributed by atoms with Crippen molar-refractivity contribution in [1.82, 2.24) is 9.78 Å². The molecule has 1 aromatic carbocycles. The Hall–Kier alpha value is -2.18. The Morgan fingerprint density at radius 3 is 2.30 bits per heavy atom. The van der Waals surface area contributed by atoms with Gasteiger partial charge in [0.1, 0.15) is 0 Å². The molecule has 0 fully saturated rings. The minimum Gasteiger partial charge on any atom is -0.260 e. The fraction of sp³-hybridized carbons (Fsp3) is 0.308. The molecule has 0 amide bonds. The van der Waals surface area contributed by atoms with E-state index in [1.165, 1.54) is 11.6 Å². The van der Waals surface area contributed by atoms with Crippen LogP contribution in [0.3, 0.4) is 0 Å². The first-order chi connectivity index (χ1) is 9.36. The molecule has 20 heavy (non-hydrogen) atoms. The summed E-state index contributed by atoms with van der Waals surface area (Å²) in [5.74, 6) is 0. The normalized spacial score (nSPS) is 13.2. The monoisotopic (exact) mass is 283 g/mol. The van der Waals surface area contributed by atoms with E-state index in [1.807, 2.05) is 6.07 Å². The summed E-state index contributed by atoms with van der Waals surface area (Å²) in [5.41, 5.74) is -0.999. The van der Waals surface area contributed by atoms with Crippen LogP contribution < -0.4 is 0 Å². The number of aromatic nitrogens is 2. The smallest absolute Gasteiger partial charge is 0.260 e. The lowest BCUT2D eigenvalue weighted by atomic mass is 10.1. The van der Waals surface area contributed by atoms with E-state index in [1.54, 1.807) is 31.2 Å². The Morgan fingerprint density at radius 2 is 1.85 bits per heavy atom. The second-order valence-corrected chi connectivity index (χ2v) is 4.40. The molecule has 1 unspecified atom stereocenters. The molecule has 1 aromatic heterocycles. The third-order valence-corrected chi connectivity index (χ3v) is 3.13. The van der Waals surface area contributed by atoms with Crippen molar-refractivity contribution in [3.8, 4) is 0 Å². The van der Waals surface area contributed by atoms with E-state index in [9.17, 15) is 18.1 Å². The highest BCUT2D eigenvalue weighted by Gasteiger charge is 2.40. The SMILES string of the molecule is Cc1c(N=O)c(C(F)(F)F)nn1C(C)c1ccccc1. The van der Waals surface area contributed by atoms with Gasteiger partial charge in [-0.25, -0.2) is 0 Å². The molecule has 4 nitrogen and oxygen atoms in total. The summed E-state index contributed by atoms with van der Waals surface area (Å²) in [5, 5.41) is 6.01. The molecular formula is C13H12F3N3O. The van der Waals surface area contributed by atoms with Gasteiger partial charge in [-0.2, -0.15) is 18.3 Å². The molecule has 7 heteroatoms. The summed E-state index contributed by atoms with van der Waals surface area (Å²) in [6.45, 7) is 3.11. The molecule has 2 aromatic rings. The van der Waals surface area contributed by atoms with Gasteiger partial charge < -0.3 is 0 Å². The van der Waals surface area contributed by atoms with E-state index in [2.05, 4.69) is 10.3 Å². The van der Waals surface area contributed by atoms with Gasteiger partial charge in [-0.15, -0.1) is 4.91 Å². The van der Waals surface area contributed by atoms with Crippen molar-refractivity contribution in [2.75, 3.05) is 0 Å². The van der Waals surface area contributed by atoms with E-state index >= 15 is 0 Å². The lowest BCUT2D eigenvalue weighted by Gasteiger charge is -2.14. The van der Waals surface area contributed by atoms with Crippen LogP contribution in [0.4, 0.5) is 18.9 Å². The third kappa shape index (κ3) is 2.43. The number of nitrogens with zero attached hydrogens (tertiary/aromatic N) is 3. The maximum absolute atomic E-state index is 12.8. The number of benzene rings is 1. The molecule has 0 N–H and O–H groups in total. The van der Waals surface area contributed by atoms with E-state index < -0.39 is 23.6 Å². The summed E-state index contributed by atoms with van der Waals surface area (Å²) in [7, 11) is 0. The molecular weight excluding hydrogens is 271 g/mol. The third-order valence-electron chi connectivity index (χ3n) is 3.13. The quantitative estimate of drug-likeness (QED) is 0.792. The first-order valence-corrected chi connectivity index (χ1v) is 5.91. The molecule has 2 rings (SSSR count). The van der Waals surface area contributed by atoms with Crippen molar-refractivity contribution in [3.63, 3.8) is 0 Å². The van der Waals surface area contributed by atoms with Gasteiger partial charge in [-0.1, -0.05) is 30.3 Å². The molecule has 0 bridgehead atoms. The van der Waals surface area contributed by atoms with E-state index in [0.29, 0.717) is 0 Å². The van der Waals surface area contributed by atoms with Crippen molar-refractivity contribution in [2.45, 2.75) is 26.1 Å². The summed E-state index contributed by atoms with van der Waals surface area (Å²) in [6.07, 6.45) is -4.70. The van der Waals surface area contributed by atoms with Crippen LogP contribution >= 0.6 is 0 Å². The molecule has 1 heterocycles. The number of nitroso groups, excluding NO2 is 1. The zero-order chi connectivity index (χ0) is 14.9. The summed E-state index contributed by atoms with van der Waals surface area (Å²) in [6, 6.07) is 8.53. The van der Waals surface area contributed by atoms with Gasteiger partial charge in [-0.3, -0.25) is 4.68 Å². The van der Waals surface area contributed by atoms with E-state index in [-0.39, 0.29) is 5.69 Å². The summed E-state index contributed by atoms with van der Waals surface area (Å²) >= 11 is 0. The van der Waals surface area contributed by atoms with Gasteiger partial charge in [0.15, 0.2) is 11.4 Å². The van der Waals surface area contributed by atoms with Gasteiger partial charge >= 0.3 is 6.18 Å². The van der Waals surface area contributed by atoms with Crippen molar-refractivity contribution in [2.24, 2.45) is 5.18 Å². The molecule has 0 aliphatic heterocycles. The number of rotatable bonds is 3. The molecule has 0 aliphatic rings. The molecule has 0 saturated carbocycles. The Bertz CT molecular complexity index is 620. The summed E-state index contributed by atoms with van der Waals surface area (Å²) in [4.78, 5) is 10.7. The Balaban J connectivity index is 2.54. The van der Waals surface area contributed by atoms with Crippen molar-refractivity contribution >= 4 is 5.69 Å². The van der Waals surface area contributed by atoms with Gasteiger partial charge in [-0.05, 0) is 24.6 Å². The van der Waals surface area contributed by atoms with Crippen LogP contribution in [0.5, 0.6) is 0 Å². The summed E-state index contributed by atoms with van der Waals surface area (Å²) < 4.78 is 39.6. The maximum atomic E-state index is 12.8. The predicted octanol–water partition coefficient (Wildman–Crippen LogP) is 4.22. The fourth-order valence-corrected chi connectivity index (χ4v) is 2.06. The topological polar surface area (TPSA) is 47.2 Å². The van der Waals surface area contributed by atoms with Crippen LogP contribution in [-0.4, -0.2) is 9.78 Å². The molecule has 0 saturated heterocycles. The highest BCUT2D eigenvalue weighted by Crippen LogP contribution is 2.38. The van der Waals surface area contributed by atoms with E-state index in [0.717, 1.165) is 5.56 Å². The van der Waals surface area contributed by atoms with Crippen LogP contribution in [-0.2, 0) is 6.18 Å².